The molecule has 202 valence electrons. The van der Waals surface area contributed by atoms with E-state index in [1.54, 1.807) is 6.92 Å². The van der Waals surface area contributed by atoms with Crippen LogP contribution in [-0.4, -0.2) is 12.6 Å². The van der Waals surface area contributed by atoms with Crippen molar-refractivity contribution in [2.75, 3.05) is 6.61 Å². The Bertz CT molecular complexity index is 1670. The summed E-state index contributed by atoms with van der Waals surface area (Å²) in [5.41, 5.74) is 15.3. The number of hydrogen-bond donors (Lipinski definition) is 0. The maximum Gasteiger partial charge on any atom is 0.333 e. The van der Waals surface area contributed by atoms with E-state index >= 15 is 0 Å². The molecule has 6 rings (SSSR count). The number of hydrogen-bond acceptors (Lipinski definition) is 2. The van der Waals surface area contributed by atoms with Gasteiger partial charge in [0.2, 0.25) is 0 Å². The summed E-state index contributed by atoms with van der Waals surface area (Å²) in [6.07, 6.45) is 2.81. The molecule has 0 fully saturated rings. The van der Waals surface area contributed by atoms with Crippen molar-refractivity contribution in [1.82, 2.24) is 0 Å². The molecule has 2 aliphatic rings. The molecule has 0 saturated heterocycles. The summed E-state index contributed by atoms with van der Waals surface area (Å²) >= 11 is 0. The van der Waals surface area contributed by atoms with Crippen LogP contribution in [0.3, 0.4) is 0 Å². The summed E-state index contributed by atoms with van der Waals surface area (Å²) < 4.78 is 5.25. The van der Waals surface area contributed by atoms with Gasteiger partial charge >= 0.3 is 5.97 Å². The molecular weight excluding hydrogens is 488 g/mol. The number of aryl methyl sites for hydroxylation is 1. The summed E-state index contributed by atoms with van der Waals surface area (Å²) in [6, 6.07) is 29.8. The SMILES string of the molecule is C=C(C)C(=O)OCCCCc1ccc2c(c1)C(C)(C)c1cc(-c3ccc4c(c3)C(C)(C)c3ccccc3-4)ccc1-2. The number of esters is 1. The molecule has 0 aromatic heterocycles. The zero-order valence-electron chi connectivity index (χ0n) is 24.4. The van der Waals surface area contributed by atoms with Crippen molar-refractivity contribution in [2.45, 2.75) is 64.7 Å². The van der Waals surface area contributed by atoms with Crippen LogP contribution >= 0.6 is 0 Å². The largest absolute Gasteiger partial charge is 0.462 e. The standard InChI is InChI=1S/C38H38O2/c1-24(2)36(39)40-20-10-9-11-25-14-17-29-31-19-16-27(23-35(31)38(5,6)33(29)21-25)26-15-18-30-28-12-7-8-13-32(28)37(3,4)34(30)22-26/h7-8,12-19,21-23H,1,9-11,20H2,2-6H3. The molecule has 4 aromatic rings. The minimum Gasteiger partial charge on any atom is -0.462 e. The number of carbonyl (C=O) groups is 1. The Hall–Kier alpha value is -3.91. The van der Waals surface area contributed by atoms with E-state index in [1.165, 1.54) is 61.2 Å². The summed E-state index contributed by atoms with van der Waals surface area (Å²) in [5, 5.41) is 0. The molecular formula is C38H38O2. The molecule has 40 heavy (non-hydrogen) atoms. The van der Waals surface area contributed by atoms with Crippen molar-refractivity contribution in [3.05, 3.63) is 119 Å². The van der Waals surface area contributed by atoms with Gasteiger partial charge in [0.1, 0.15) is 0 Å². The van der Waals surface area contributed by atoms with Gasteiger partial charge in [-0.1, -0.05) is 101 Å². The molecule has 0 saturated carbocycles. The van der Waals surface area contributed by atoms with Crippen LogP contribution in [0.15, 0.2) is 91.0 Å². The van der Waals surface area contributed by atoms with Gasteiger partial charge in [-0.3, -0.25) is 0 Å². The normalized spacial score (nSPS) is 15.1. The summed E-state index contributed by atoms with van der Waals surface area (Å²) in [5.74, 6) is -0.301. The number of benzene rings is 4. The van der Waals surface area contributed by atoms with Gasteiger partial charge in [0, 0.05) is 16.4 Å². The predicted molar refractivity (Wildman–Crippen MR) is 166 cm³/mol. The van der Waals surface area contributed by atoms with E-state index in [4.69, 9.17) is 4.74 Å². The first kappa shape index (κ1) is 26.3. The van der Waals surface area contributed by atoms with Crippen LogP contribution in [0.2, 0.25) is 0 Å². The Morgan fingerprint density at radius 3 is 1.82 bits per heavy atom. The van der Waals surface area contributed by atoms with Crippen molar-refractivity contribution < 1.29 is 9.53 Å². The van der Waals surface area contributed by atoms with Crippen LogP contribution in [0.4, 0.5) is 0 Å². The number of carbonyl (C=O) groups excluding carboxylic acids is 1. The zero-order chi connectivity index (χ0) is 28.2. The second-order valence-electron chi connectivity index (χ2n) is 12.6. The van der Waals surface area contributed by atoms with E-state index in [-0.39, 0.29) is 16.8 Å². The molecule has 0 radical (unpaired) electrons. The fourth-order valence-corrected chi connectivity index (χ4v) is 6.72. The van der Waals surface area contributed by atoms with E-state index in [1.807, 2.05) is 0 Å². The Balaban J connectivity index is 1.24. The molecule has 0 N–H and O–H groups in total. The minimum atomic E-state index is -0.301. The third-order valence-electron chi connectivity index (χ3n) is 9.10. The van der Waals surface area contributed by atoms with Crippen LogP contribution in [0, 0.1) is 0 Å². The van der Waals surface area contributed by atoms with Gasteiger partial charge in [-0.25, -0.2) is 4.79 Å². The minimum absolute atomic E-state index is 0.00315. The van der Waals surface area contributed by atoms with Crippen molar-refractivity contribution >= 4 is 5.97 Å². The molecule has 2 heteroatoms. The summed E-state index contributed by atoms with van der Waals surface area (Å²) in [4.78, 5) is 11.6. The Kier molecular flexibility index (Phi) is 6.33. The van der Waals surface area contributed by atoms with Crippen LogP contribution in [0.5, 0.6) is 0 Å². The first-order valence-corrected chi connectivity index (χ1v) is 14.4. The quantitative estimate of drug-likeness (QED) is 0.136. The van der Waals surface area contributed by atoms with Gasteiger partial charge in [0.25, 0.3) is 0 Å². The van der Waals surface area contributed by atoms with Crippen LogP contribution in [0.25, 0.3) is 33.4 Å². The lowest BCUT2D eigenvalue weighted by Gasteiger charge is -2.23. The topological polar surface area (TPSA) is 26.3 Å². The molecule has 0 unspecified atom stereocenters. The fraction of sp³-hybridized carbons (Fsp3) is 0.289. The lowest BCUT2D eigenvalue weighted by atomic mass is 9.80. The maximum absolute atomic E-state index is 11.6. The molecule has 0 spiro atoms. The van der Waals surface area contributed by atoms with E-state index in [9.17, 15) is 4.79 Å². The van der Waals surface area contributed by atoms with E-state index in [0.717, 1.165) is 19.3 Å². The second kappa shape index (κ2) is 9.63. The summed E-state index contributed by atoms with van der Waals surface area (Å²) in [7, 11) is 0. The molecule has 0 amide bonds. The first-order chi connectivity index (χ1) is 19.1. The van der Waals surface area contributed by atoms with Crippen molar-refractivity contribution in [3.63, 3.8) is 0 Å². The lowest BCUT2D eigenvalue weighted by molar-refractivity contribution is -0.139. The van der Waals surface area contributed by atoms with Gasteiger partial charge in [-0.2, -0.15) is 0 Å². The highest BCUT2D eigenvalue weighted by molar-refractivity contribution is 5.87. The van der Waals surface area contributed by atoms with Gasteiger partial charge in [-0.05, 0) is 99.5 Å². The van der Waals surface area contributed by atoms with Gasteiger partial charge < -0.3 is 4.74 Å². The van der Waals surface area contributed by atoms with Crippen molar-refractivity contribution in [2.24, 2.45) is 0 Å². The molecule has 0 atom stereocenters. The van der Waals surface area contributed by atoms with Crippen LogP contribution in [-0.2, 0) is 26.8 Å². The monoisotopic (exact) mass is 526 g/mol. The molecule has 4 aromatic carbocycles. The van der Waals surface area contributed by atoms with E-state index in [2.05, 4.69) is 113 Å². The number of fused-ring (bicyclic) bond motifs is 6. The zero-order valence-corrected chi connectivity index (χ0v) is 24.4. The predicted octanol–water partition coefficient (Wildman–Crippen LogP) is 9.41. The van der Waals surface area contributed by atoms with Crippen molar-refractivity contribution in [3.8, 4) is 33.4 Å². The third kappa shape index (κ3) is 4.22. The second-order valence-corrected chi connectivity index (χ2v) is 12.6. The first-order valence-electron chi connectivity index (χ1n) is 14.4. The summed E-state index contributed by atoms with van der Waals surface area (Å²) in [6.45, 7) is 15.2. The number of rotatable bonds is 7. The van der Waals surface area contributed by atoms with Gasteiger partial charge in [0.15, 0.2) is 0 Å². The highest BCUT2D eigenvalue weighted by Gasteiger charge is 2.37. The molecule has 2 nitrogen and oxygen atoms in total. The third-order valence-corrected chi connectivity index (χ3v) is 9.10. The van der Waals surface area contributed by atoms with Crippen LogP contribution < -0.4 is 0 Å². The van der Waals surface area contributed by atoms with Gasteiger partial charge in [0.05, 0.1) is 6.61 Å². The molecule has 0 aliphatic heterocycles. The number of ether oxygens (including phenoxy) is 1. The van der Waals surface area contributed by atoms with Gasteiger partial charge in [-0.15, -0.1) is 0 Å². The highest BCUT2D eigenvalue weighted by Crippen LogP contribution is 2.52. The Morgan fingerprint density at radius 1 is 0.675 bits per heavy atom. The Labute approximate surface area is 238 Å². The Morgan fingerprint density at radius 2 is 1.20 bits per heavy atom. The molecule has 0 heterocycles. The molecule has 2 aliphatic carbocycles. The number of unbranched alkanes of at least 4 members (excludes halogenated alkanes) is 1. The molecule has 0 bridgehead atoms. The fourth-order valence-electron chi connectivity index (χ4n) is 6.72. The lowest BCUT2D eigenvalue weighted by Crippen LogP contribution is -2.15. The van der Waals surface area contributed by atoms with Crippen LogP contribution in [0.1, 0.15) is 75.3 Å². The smallest absolute Gasteiger partial charge is 0.333 e. The average molecular weight is 527 g/mol. The highest BCUT2D eigenvalue weighted by atomic mass is 16.5. The van der Waals surface area contributed by atoms with E-state index in [0.29, 0.717) is 12.2 Å². The maximum atomic E-state index is 11.6. The average Bonchev–Trinajstić information content (AvgIpc) is 3.31. The van der Waals surface area contributed by atoms with Crippen molar-refractivity contribution in [1.29, 1.82) is 0 Å². The van der Waals surface area contributed by atoms with E-state index < -0.39 is 0 Å².